The van der Waals surface area contributed by atoms with Gasteiger partial charge < -0.3 is 5.11 Å². The van der Waals surface area contributed by atoms with E-state index in [4.69, 9.17) is 0 Å². The van der Waals surface area contributed by atoms with Crippen molar-refractivity contribution in [2.45, 2.75) is 13.8 Å². The minimum atomic E-state index is -0.578. The molecule has 0 radical (unpaired) electrons. The third-order valence-electron chi connectivity index (χ3n) is 3.06. The van der Waals surface area contributed by atoms with Crippen molar-refractivity contribution < 1.29 is 14.7 Å². The number of carbonyl (C=O) groups is 2. The number of carbonyl (C=O) groups excluding carboxylic acids is 2. The number of amides is 2. The van der Waals surface area contributed by atoms with Gasteiger partial charge in [0, 0.05) is 5.56 Å². The van der Waals surface area contributed by atoms with E-state index in [0.717, 1.165) is 11.1 Å². The normalized spacial score (nSPS) is 10.0. The van der Waals surface area contributed by atoms with Crippen LogP contribution in [-0.4, -0.2) is 16.9 Å². The van der Waals surface area contributed by atoms with E-state index in [2.05, 4.69) is 10.9 Å². The smallest absolute Gasteiger partial charge is 0.273 e. The molecular weight excluding hydrogens is 268 g/mol. The molecule has 2 aromatic rings. The van der Waals surface area contributed by atoms with Gasteiger partial charge in [-0.15, -0.1) is 0 Å². The summed E-state index contributed by atoms with van der Waals surface area (Å²) in [6, 6.07) is 11.5. The molecule has 0 saturated carbocycles. The van der Waals surface area contributed by atoms with Gasteiger partial charge in [0.1, 0.15) is 5.75 Å². The first-order valence-corrected chi connectivity index (χ1v) is 6.45. The lowest BCUT2D eigenvalue weighted by Crippen LogP contribution is -2.41. The van der Waals surface area contributed by atoms with Crippen LogP contribution in [0.4, 0.5) is 0 Å². The molecule has 0 fully saturated rings. The predicted octanol–water partition coefficient (Wildman–Crippen LogP) is 2.08. The minimum Gasteiger partial charge on any atom is -0.507 e. The standard InChI is InChI=1S/C16H16N2O3/c1-10-7-8-12(11(2)9-10)15(20)17-18-16(21)13-5-3-4-6-14(13)19/h3-9,19H,1-2H3,(H,17,20)(H,18,21). The summed E-state index contributed by atoms with van der Waals surface area (Å²) in [7, 11) is 0. The highest BCUT2D eigenvalue weighted by Gasteiger charge is 2.13. The Balaban J connectivity index is 2.04. The Kier molecular flexibility index (Phi) is 4.23. The first-order valence-electron chi connectivity index (χ1n) is 6.45. The van der Waals surface area contributed by atoms with E-state index < -0.39 is 11.8 Å². The number of hydrazine groups is 1. The Morgan fingerprint density at radius 1 is 0.905 bits per heavy atom. The van der Waals surface area contributed by atoms with Gasteiger partial charge in [-0.1, -0.05) is 29.8 Å². The van der Waals surface area contributed by atoms with E-state index in [1.54, 1.807) is 18.2 Å². The molecule has 5 nitrogen and oxygen atoms in total. The summed E-state index contributed by atoms with van der Waals surface area (Å²) in [5.41, 5.74) is 7.08. The number of benzene rings is 2. The number of aryl methyl sites for hydroxylation is 2. The van der Waals surface area contributed by atoms with Crippen LogP contribution in [0.15, 0.2) is 42.5 Å². The van der Waals surface area contributed by atoms with Crippen LogP contribution in [0.1, 0.15) is 31.8 Å². The fourth-order valence-corrected chi connectivity index (χ4v) is 1.98. The summed E-state index contributed by atoms with van der Waals surface area (Å²) in [5.74, 6) is -1.13. The van der Waals surface area contributed by atoms with Crippen molar-refractivity contribution in [3.63, 3.8) is 0 Å². The maximum absolute atomic E-state index is 12.0. The predicted molar refractivity (Wildman–Crippen MR) is 79.0 cm³/mol. The quantitative estimate of drug-likeness (QED) is 0.739. The highest BCUT2D eigenvalue weighted by molar-refractivity contribution is 6.00. The third kappa shape index (κ3) is 3.39. The first-order chi connectivity index (χ1) is 9.99. The number of phenolic OH excluding ortho intramolecular Hbond substituents is 1. The van der Waals surface area contributed by atoms with Crippen LogP contribution in [0, 0.1) is 13.8 Å². The number of hydrogen-bond acceptors (Lipinski definition) is 3. The van der Waals surface area contributed by atoms with E-state index in [1.807, 2.05) is 26.0 Å². The van der Waals surface area contributed by atoms with E-state index in [9.17, 15) is 14.7 Å². The van der Waals surface area contributed by atoms with Crippen molar-refractivity contribution in [2.75, 3.05) is 0 Å². The summed E-state index contributed by atoms with van der Waals surface area (Å²) in [6.07, 6.45) is 0. The molecule has 5 heteroatoms. The van der Waals surface area contributed by atoms with Crippen LogP contribution in [0.2, 0.25) is 0 Å². The molecule has 2 aromatic carbocycles. The zero-order valence-corrected chi connectivity index (χ0v) is 11.8. The molecule has 0 heterocycles. The maximum Gasteiger partial charge on any atom is 0.273 e. The lowest BCUT2D eigenvalue weighted by molar-refractivity contribution is 0.0844. The van der Waals surface area contributed by atoms with E-state index in [1.165, 1.54) is 12.1 Å². The fraction of sp³-hybridized carbons (Fsp3) is 0.125. The van der Waals surface area contributed by atoms with Gasteiger partial charge in [0.05, 0.1) is 5.56 Å². The van der Waals surface area contributed by atoms with Crippen molar-refractivity contribution in [2.24, 2.45) is 0 Å². The molecule has 2 rings (SSSR count). The molecule has 3 N–H and O–H groups in total. The number of rotatable bonds is 2. The summed E-state index contributed by atoms with van der Waals surface area (Å²) in [6.45, 7) is 3.77. The third-order valence-corrected chi connectivity index (χ3v) is 3.06. The van der Waals surface area contributed by atoms with Gasteiger partial charge >= 0.3 is 0 Å². The van der Waals surface area contributed by atoms with Crippen molar-refractivity contribution in [3.05, 3.63) is 64.7 Å². The van der Waals surface area contributed by atoms with Crippen molar-refractivity contribution in [3.8, 4) is 5.75 Å². The van der Waals surface area contributed by atoms with E-state index in [-0.39, 0.29) is 11.3 Å². The molecule has 0 aliphatic rings. The number of hydrogen-bond donors (Lipinski definition) is 3. The van der Waals surface area contributed by atoms with Crippen LogP contribution < -0.4 is 10.9 Å². The Bertz CT molecular complexity index is 696. The SMILES string of the molecule is Cc1ccc(C(=O)NNC(=O)c2ccccc2O)c(C)c1. The van der Waals surface area contributed by atoms with Crippen molar-refractivity contribution >= 4 is 11.8 Å². The van der Waals surface area contributed by atoms with Gasteiger partial charge in [-0.3, -0.25) is 20.4 Å². The second kappa shape index (κ2) is 6.09. The zero-order chi connectivity index (χ0) is 15.4. The lowest BCUT2D eigenvalue weighted by atomic mass is 10.1. The Labute approximate surface area is 122 Å². The van der Waals surface area contributed by atoms with Crippen LogP contribution >= 0.6 is 0 Å². The second-order valence-electron chi connectivity index (χ2n) is 4.74. The largest absolute Gasteiger partial charge is 0.507 e. The average molecular weight is 284 g/mol. The van der Waals surface area contributed by atoms with Gasteiger partial charge in [-0.2, -0.15) is 0 Å². The summed E-state index contributed by atoms with van der Waals surface area (Å²) in [4.78, 5) is 23.9. The van der Waals surface area contributed by atoms with E-state index in [0.29, 0.717) is 5.56 Å². The molecule has 0 saturated heterocycles. The molecule has 2 amide bonds. The number of aromatic hydroxyl groups is 1. The van der Waals surface area contributed by atoms with Crippen molar-refractivity contribution in [1.29, 1.82) is 0 Å². The van der Waals surface area contributed by atoms with Crippen molar-refractivity contribution in [1.82, 2.24) is 10.9 Å². The number of para-hydroxylation sites is 1. The summed E-state index contributed by atoms with van der Waals surface area (Å²) >= 11 is 0. The molecule has 0 spiro atoms. The molecular formula is C16H16N2O3. The van der Waals surface area contributed by atoms with Gasteiger partial charge in [-0.05, 0) is 37.6 Å². The Morgan fingerprint density at radius 3 is 2.14 bits per heavy atom. The highest BCUT2D eigenvalue weighted by Crippen LogP contribution is 2.15. The molecule has 21 heavy (non-hydrogen) atoms. The zero-order valence-electron chi connectivity index (χ0n) is 11.8. The van der Waals surface area contributed by atoms with Crippen LogP contribution in [-0.2, 0) is 0 Å². The lowest BCUT2D eigenvalue weighted by Gasteiger charge is -2.10. The topological polar surface area (TPSA) is 78.4 Å². The summed E-state index contributed by atoms with van der Waals surface area (Å²) in [5, 5.41) is 9.56. The molecule has 108 valence electrons. The van der Waals surface area contributed by atoms with Gasteiger partial charge in [0.15, 0.2) is 0 Å². The van der Waals surface area contributed by atoms with Gasteiger partial charge in [0.25, 0.3) is 11.8 Å². The number of phenols is 1. The van der Waals surface area contributed by atoms with Gasteiger partial charge in [-0.25, -0.2) is 0 Å². The Morgan fingerprint density at radius 2 is 1.52 bits per heavy atom. The molecule has 0 bridgehead atoms. The van der Waals surface area contributed by atoms with E-state index >= 15 is 0 Å². The van der Waals surface area contributed by atoms with Crippen LogP contribution in [0.25, 0.3) is 0 Å². The van der Waals surface area contributed by atoms with Crippen LogP contribution in [0.5, 0.6) is 5.75 Å². The second-order valence-corrected chi connectivity index (χ2v) is 4.74. The molecule has 0 atom stereocenters. The van der Waals surface area contributed by atoms with Crippen LogP contribution in [0.3, 0.4) is 0 Å². The fourth-order valence-electron chi connectivity index (χ4n) is 1.98. The average Bonchev–Trinajstić information content (AvgIpc) is 2.45. The number of nitrogens with one attached hydrogen (secondary N) is 2. The van der Waals surface area contributed by atoms with Gasteiger partial charge in [0.2, 0.25) is 0 Å². The molecule has 0 aromatic heterocycles. The maximum atomic E-state index is 12.0. The highest BCUT2D eigenvalue weighted by atomic mass is 16.3. The Hall–Kier alpha value is -2.82. The minimum absolute atomic E-state index is 0.0958. The monoisotopic (exact) mass is 284 g/mol. The summed E-state index contributed by atoms with van der Waals surface area (Å²) < 4.78 is 0. The molecule has 0 unspecified atom stereocenters. The first kappa shape index (κ1) is 14.6. The molecule has 0 aliphatic heterocycles. The molecule has 0 aliphatic carbocycles.